The zero-order chi connectivity index (χ0) is 24.5. The lowest BCUT2D eigenvalue weighted by Gasteiger charge is -2.39. The predicted octanol–water partition coefficient (Wildman–Crippen LogP) is 4.39. The second kappa shape index (κ2) is 9.62. The van der Waals surface area contributed by atoms with Crippen molar-refractivity contribution in [3.8, 4) is 22.6 Å². The number of hydrogen-bond acceptors (Lipinski definition) is 6. The smallest absolute Gasteiger partial charge is 0.236 e. The zero-order valence-corrected chi connectivity index (χ0v) is 20.1. The monoisotopic (exact) mass is 482 g/mol. The van der Waals surface area contributed by atoms with E-state index in [1.807, 2.05) is 42.5 Å². The predicted molar refractivity (Wildman–Crippen MR) is 140 cm³/mol. The standard InChI is InChI=1S/C28H30N6O2/c29-27-26-24(19-6-12-23(13-7-19)36-22-4-2-1-3-5-22)17-34(28(26)32-18-31-27)21-10-8-20(9-11-21)33-15-14-30-16-25(33)35/h1-7,12-13,17-18,20-21,30H,8-11,14-16H2,(H2,29,31,32). The van der Waals surface area contributed by atoms with E-state index in [0.29, 0.717) is 24.4 Å². The highest BCUT2D eigenvalue weighted by molar-refractivity contribution is 6.00. The minimum absolute atomic E-state index is 0.221. The van der Waals surface area contributed by atoms with Gasteiger partial charge >= 0.3 is 0 Å². The zero-order valence-electron chi connectivity index (χ0n) is 20.1. The molecule has 3 N–H and O–H groups in total. The van der Waals surface area contributed by atoms with Gasteiger partial charge in [-0.15, -0.1) is 0 Å². The van der Waals surface area contributed by atoms with Gasteiger partial charge in [-0.25, -0.2) is 9.97 Å². The first-order chi connectivity index (χ1) is 17.7. The molecular weight excluding hydrogens is 452 g/mol. The maximum Gasteiger partial charge on any atom is 0.236 e. The van der Waals surface area contributed by atoms with Gasteiger partial charge in [-0.2, -0.15) is 0 Å². The first-order valence-electron chi connectivity index (χ1n) is 12.6. The van der Waals surface area contributed by atoms with Crippen LogP contribution in [0.4, 0.5) is 5.82 Å². The van der Waals surface area contributed by atoms with Crippen molar-refractivity contribution >= 4 is 22.8 Å². The molecule has 0 spiro atoms. The molecule has 0 radical (unpaired) electrons. The molecule has 8 heteroatoms. The molecule has 8 nitrogen and oxygen atoms in total. The molecule has 0 atom stereocenters. The van der Waals surface area contributed by atoms with E-state index in [1.165, 1.54) is 0 Å². The highest BCUT2D eigenvalue weighted by atomic mass is 16.5. The van der Waals surface area contributed by atoms with Crippen molar-refractivity contribution in [2.75, 3.05) is 25.4 Å². The second-order valence-electron chi connectivity index (χ2n) is 9.57. The largest absolute Gasteiger partial charge is 0.457 e. The number of piperazine rings is 1. The van der Waals surface area contributed by atoms with Crippen LogP contribution in [0.25, 0.3) is 22.2 Å². The van der Waals surface area contributed by atoms with Crippen molar-refractivity contribution < 1.29 is 9.53 Å². The first-order valence-corrected chi connectivity index (χ1v) is 12.6. The number of rotatable bonds is 5. The van der Waals surface area contributed by atoms with Gasteiger partial charge in [0.15, 0.2) is 0 Å². The van der Waals surface area contributed by atoms with Gasteiger partial charge in [-0.05, 0) is 55.5 Å². The Kier molecular flexibility index (Phi) is 6.03. The fourth-order valence-electron chi connectivity index (χ4n) is 5.59. The third kappa shape index (κ3) is 4.28. The number of benzene rings is 2. The molecule has 2 aromatic heterocycles. The van der Waals surface area contributed by atoms with E-state index in [0.717, 1.165) is 72.4 Å². The van der Waals surface area contributed by atoms with Gasteiger partial charge in [0.1, 0.15) is 29.3 Å². The Labute approximate surface area is 210 Å². The molecule has 2 aliphatic rings. The van der Waals surface area contributed by atoms with Gasteiger partial charge in [0, 0.05) is 36.9 Å². The van der Waals surface area contributed by atoms with Crippen molar-refractivity contribution in [1.29, 1.82) is 0 Å². The van der Waals surface area contributed by atoms with Crippen LogP contribution in [-0.2, 0) is 4.79 Å². The van der Waals surface area contributed by atoms with Gasteiger partial charge in [0.05, 0.1) is 11.9 Å². The fourth-order valence-corrected chi connectivity index (χ4v) is 5.59. The topological polar surface area (TPSA) is 98.3 Å². The van der Waals surface area contributed by atoms with E-state index in [4.69, 9.17) is 10.5 Å². The van der Waals surface area contributed by atoms with Crippen LogP contribution in [0.5, 0.6) is 11.5 Å². The quantitative estimate of drug-likeness (QED) is 0.438. The number of nitrogens with zero attached hydrogens (tertiary/aromatic N) is 4. The lowest BCUT2D eigenvalue weighted by atomic mass is 9.89. The SMILES string of the molecule is Nc1ncnc2c1c(-c1ccc(Oc3ccccc3)cc1)cn2C1CCC(N2CCNCC2=O)CC1. The Balaban J connectivity index is 1.26. The summed E-state index contributed by atoms with van der Waals surface area (Å²) in [5.74, 6) is 2.29. The van der Waals surface area contributed by atoms with Crippen molar-refractivity contribution in [2.45, 2.75) is 37.8 Å². The molecule has 1 saturated heterocycles. The van der Waals surface area contributed by atoms with E-state index in [9.17, 15) is 4.79 Å². The number of ether oxygens (including phenoxy) is 1. The van der Waals surface area contributed by atoms with Gasteiger partial charge in [0.2, 0.25) is 5.91 Å². The van der Waals surface area contributed by atoms with Gasteiger partial charge in [0.25, 0.3) is 0 Å². The maximum atomic E-state index is 12.4. The van der Waals surface area contributed by atoms with Crippen molar-refractivity contribution in [3.05, 3.63) is 67.1 Å². The Morgan fingerprint density at radius 2 is 1.64 bits per heavy atom. The molecule has 4 aromatic rings. The number of amides is 1. The number of aromatic nitrogens is 3. The number of carbonyl (C=O) groups excluding carboxylic acids is 1. The van der Waals surface area contributed by atoms with Crippen LogP contribution >= 0.6 is 0 Å². The Morgan fingerprint density at radius 1 is 0.917 bits per heavy atom. The number of nitrogens with two attached hydrogens (primary N) is 1. The molecular formula is C28H30N6O2. The molecule has 1 aliphatic carbocycles. The van der Waals surface area contributed by atoms with E-state index in [-0.39, 0.29) is 5.91 Å². The fraction of sp³-hybridized carbons (Fsp3) is 0.321. The van der Waals surface area contributed by atoms with E-state index < -0.39 is 0 Å². The molecule has 1 amide bonds. The summed E-state index contributed by atoms with van der Waals surface area (Å²) in [4.78, 5) is 23.4. The molecule has 6 rings (SSSR count). The number of fused-ring (bicyclic) bond motifs is 1. The van der Waals surface area contributed by atoms with Gasteiger partial charge < -0.3 is 25.3 Å². The van der Waals surface area contributed by atoms with Crippen molar-refractivity contribution in [2.24, 2.45) is 0 Å². The van der Waals surface area contributed by atoms with Gasteiger partial charge in [-0.3, -0.25) is 4.79 Å². The molecule has 2 aromatic carbocycles. The highest BCUT2D eigenvalue weighted by Gasteiger charge is 2.31. The third-order valence-electron chi connectivity index (χ3n) is 7.41. The van der Waals surface area contributed by atoms with Crippen LogP contribution in [0.1, 0.15) is 31.7 Å². The first kappa shape index (κ1) is 22.5. The molecule has 1 aliphatic heterocycles. The molecule has 0 unspecified atom stereocenters. The van der Waals surface area contributed by atoms with Crippen molar-refractivity contribution in [1.82, 2.24) is 24.8 Å². The lowest BCUT2D eigenvalue weighted by Crippen LogP contribution is -2.53. The minimum atomic E-state index is 0.221. The van der Waals surface area contributed by atoms with E-state index in [1.54, 1.807) is 6.33 Å². The highest BCUT2D eigenvalue weighted by Crippen LogP contribution is 2.39. The summed E-state index contributed by atoms with van der Waals surface area (Å²) in [6, 6.07) is 18.4. The average Bonchev–Trinajstić information content (AvgIpc) is 3.31. The second-order valence-corrected chi connectivity index (χ2v) is 9.57. The molecule has 2 fully saturated rings. The summed E-state index contributed by atoms with van der Waals surface area (Å²) in [6.45, 7) is 2.14. The number of para-hydroxylation sites is 1. The summed E-state index contributed by atoms with van der Waals surface area (Å²) in [5.41, 5.74) is 9.29. The summed E-state index contributed by atoms with van der Waals surface area (Å²) in [5, 5.41) is 4.05. The Morgan fingerprint density at radius 3 is 2.39 bits per heavy atom. The summed E-state index contributed by atoms with van der Waals surface area (Å²) < 4.78 is 8.23. The number of nitrogens with one attached hydrogen (secondary N) is 1. The van der Waals surface area contributed by atoms with Crippen LogP contribution in [0.15, 0.2) is 67.1 Å². The number of nitrogen functional groups attached to an aromatic ring is 1. The van der Waals surface area contributed by atoms with Crippen LogP contribution in [0, 0.1) is 0 Å². The third-order valence-corrected chi connectivity index (χ3v) is 7.41. The molecule has 184 valence electrons. The lowest BCUT2D eigenvalue weighted by molar-refractivity contribution is -0.135. The van der Waals surface area contributed by atoms with Crippen LogP contribution in [-0.4, -0.2) is 51.0 Å². The number of anilines is 1. The Bertz CT molecular complexity index is 1360. The molecule has 36 heavy (non-hydrogen) atoms. The molecule has 0 bridgehead atoms. The minimum Gasteiger partial charge on any atom is -0.457 e. The molecule has 1 saturated carbocycles. The summed E-state index contributed by atoms with van der Waals surface area (Å²) >= 11 is 0. The number of hydrogen-bond donors (Lipinski definition) is 2. The average molecular weight is 483 g/mol. The van der Waals surface area contributed by atoms with E-state index in [2.05, 4.69) is 43.1 Å². The van der Waals surface area contributed by atoms with E-state index >= 15 is 0 Å². The van der Waals surface area contributed by atoms with Crippen LogP contribution in [0.3, 0.4) is 0 Å². The normalized spacial score (nSPS) is 20.6. The molecule has 3 heterocycles. The van der Waals surface area contributed by atoms with Gasteiger partial charge in [-0.1, -0.05) is 30.3 Å². The maximum absolute atomic E-state index is 12.4. The van der Waals surface area contributed by atoms with Crippen LogP contribution in [0.2, 0.25) is 0 Å². The van der Waals surface area contributed by atoms with Crippen LogP contribution < -0.4 is 15.8 Å². The summed E-state index contributed by atoms with van der Waals surface area (Å²) in [7, 11) is 0. The van der Waals surface area contributed by atoms with Crippen molar-refractivity contribution in [3.63, 3.8) is 0 Å². The number of carbonyl (C=O) groups is 1. The summed E-state index contributed by atoms with van der Waals surface area (Å²) in [6.07, 6.45) is 7.70. The Hall–Kier alpha value is -3.91.